The van der Waals surface area contributed by atoms with Gasteiger partial charge in [0.05, 0.1) is 17.9 Å². The maximum atomic E-state index is 6.17. The molecule has 0 aromatic heterocycles. The molecule has 2 aromatic carbocycles. The van der Waals surface area contributed by atoms with Gasteiger partial charge < -0.3 is 9.47 Å². The fraction of sp³-hybridized carbons (Fsp3) is 0.407. The lowest BCUT2D eigenvalue weighted by Gasteiger charge is -2.29. The van der Waals surface area contributed by atoms with Crippen LogP contribution in [0, 0.1) is 0 Å². The SMILES string of the molecule is CC(C)=CC(C)Oc1c(Br)cc(C(C)(C)c2cc(Br)c(OC(C)C=C(C)C)c(Br)c2)cc1Br. The van der Waals surface area contributed by atoms with E-state index in [1.165, 1.54) is 11.1 Å². The molecule has 2 aromatic rings. The number of benzene rings is 2. The lowest BCUT2D eigenvalue weighted by Crippen LogP contribution is -2.20. The summed E-state index contributed by atoms with van der Waals surface area (Å²) < 4.78 is 16.0. The van der Waals surface area contributed by atoms with Crippen molar-refractivity contribution >= 4 is 63.7 Å². The monoisotopic (exact) mass is 704 g/mol. The van der Waals surface area contributed by atoms with Gasteiger partial charge in [-0.2, -0.15) is 0 Å². The van der Waals surface area contributed by atoms with Gasteiger partial charge in [-0.25, -0.2) is 0 Å². The minimum atomic E-state index is -0.260. The van der Waals surface area contributed by atoms with Gasteiger partial charge in [-0.3, -0.25) is 0 Å². The number of halogens is 4. The highest BCUT2D eigenvalue weighted by Gasteiger charge is 2.27. The topological polar surface area (TPSA) is 18.5 Å². The van der Waals surface area contributed by atoms with Gasteiger partial charge in [0, 0.05) is 5.41 Å². The van der Waals surface area contributed by atoms with E-state index in [1.54, 1.807) is 0 Å². The van der Waals surface area contributed by atoms with Gasteiger partial charge in [0.15, 0.2) is 0 Å². The van der Waals surface area contributed by atoms with Crippen LogP contribution in [0.5, 0.6) is 11.5 Å². The maximum absolute atomic E-state index is 6.17. The summed E-state index contributed by atoms with van der Waals surface area (Å²) in [7, 11) is 0. The molecule has 0 amide bonds. The average molecular weight is 708 g/mol. The van der Waals surface area contributed by atoms with Crippen molar-refractivity contribution in [2.45, 2.75) is 73.0 Å². The largest absolute Gasteiger partial charge is 0.484 e. The Morgan fingerprint density at radius 1 is 0.667 bits per heavy atom. The van der Waals surface area contributed by atoms with Crippen LogP contribution in [0.2, 0.25) is 0 Å². The van der Waals surface area contributed by atoms with E-state index in [9.17, 15) is 0 Å². The molecule has 0 aliphatic heterocycles. The molecule has 0 spiro atoms. The Balaban J connectivity index is 2.41. The highest BCUT2D eigenvalue weighted by Crippen LogP contribution is 2.44. The van der Waals surface area contributed by atoms with E-state index >= 15 is 0 Å². The lowest BCUT2D eigenvalue weighted by atomic mass is 9.78. The molecule has 0 radical (unpaired) electrons. The van der Waals surface area contributed by atoms with E-state index in [4.69, 9.17) is 9.47 Å². The van der Waals surface area contributed by atoms with E-state index < -0.39 is 0 Å². The minimum absolute atomic E-state index is 0.0188. The zero-order valence-electron chi connectivity index (χ0n) is 20.4. The van der Waals surface area contributed by atoms with Crippen LogP contribution in [-0.4, -0.2) is 12.2 Å². The highest BCUT2D eigenvalue weighted by atomic mass is 79.9. The Hall–Kier alpha value is -0.560. The molecule has 33 heavy (non-hydrogen) atoms. The van der Waals surface area contributed by atoms with Crippen LogP contribution in [0.4, 0.5) is 0 Å². The molecular formula is C27H32Br4O2. The van der Waals surface area contributed by atoms with E-state index in [0.29, 0.717) is 0 Å². The molecule has 2 atom stereocenters. The molecule has 0 fully saturated rings. The fourth-order valence-corrected chi connectivity index (χ4v) is 6.36. The van der Waals surface area contributed by atoms with Crippen molar-refractivity contribution in [2.75, 3.05) is 0 Å². The third-order valence-corrected chi connectivity index (χ3v) is 7.54. The van der Waals surface area contributed by atoms with Crippen LogP contribution < -0.4 is 9.47 Å². The minimum Gasteiger partial charge on any atom is -0.484 e. The number of hydrogen-bond acceptors (Lipinski definition) is 2. The molecule has 2 rings (SSSR count). The highest BCUT2D eigenvalue weighted by molar-refractivity contribution is 9.11. The van der Waals surface area contributed by atoms with E-state index in [-0.39, 0.29) is 17.6 Å². The van der Waals surface area contributed by atoms with Gasteiger partial charge in [-0.1, -0.05) is 25.0 Å². The number of allylic oxidation sites excluding steroid dienone is 2. The molecule has 0 heterocycles. The summed E-state index contributed by atoms with van der Waals surface area (Å²) >= 11 is 14.9. The smallest absolute Gasteiger partial charge is 0.148 e. The summed E-state index contributed by atoms with van der Waals surface area (Å²) in [5, 5.41) is 0. The molecule has 0 aliphatic rings. The Morgan fingerprint density at radius 3 is 1.18 bits per heavy atom. The summed E-state index contributed by atoms with van der Waals surface area (Å²) in [6.45, 7) is 16.8. The summed E-state index contributed by atoms with van der Waals surface area (Å²) in [5.41, 5.74) is 4.52. The van der Waals surface area contributed by atoms with Crippen molar-refractivity contribution in [3.05, 3.63) is 76.6 Å². The Bertz CT molecular complexity index is 932. The molecule has 0 N–H and O–H groups in total. The van der Waals surface area contributed by atoms with Gasteiger partial charge in [0.25, 0.3) is 0 Å². The van der Waals surface area contributed by atoms with E-state index in [2.05, 4.69) is 142 Å². The molecule has 180 valence electrons. The molecule has 0 saturated heterocycles. The normalized spacial score (nSPS) is 13.2. The number of hydrogen-bond donors (Lipinski definition) is 0. The number of rotatable bonds is 8. The standard InChI is InChI=1S/C27H32Br4O2/c1-15(2)9-17(5)32-25-21(28)11-19(12-22(25)29)27(7,8)20-13-23(30)26(24(31)14-20)33-18(6)10-16(3)4/h9-14,17-18H,1-8H3. The van der Waals surface area contributed by atoms with Crippen molar-refractivity contribution in [1.82, 2.24) is 0 Å². The second kappa shape index (κ2) is 11.9. The zero-order valence-corrected chi connectivity index (χ0v) is 26.8. The van der Waals surface area contributed by atoms with Crippen molar-refractivity contribution in [3.8, 4) is 11.5 Å². The predicted molar refractivity (Wildman–Crippen MR) is 155 cm³/mol. The summed E-state index contributed by atoms with van der Waals surface area (Å²) in [6.07, 6.45) is 4.17. The Morgan fingerprint density at radius 2 is 0.939 bits per heavy atom. The van der Waals surface area contributed by atoms with Crippen LogP contribution in [-0.2, 0) is 5.41 Å². The van der Waals surface area contributed by atoms with Gasteiger partial charge in [-0.05, 0) is 153 Å². The molecule has 2 nitrogen and oxygen atoms in total. The van der Waals surface area contributed by atoms with Crippen molar-refractivity contribution in [1.29, 1.82) is 0 Å². The summed E-state index contributed by atoms with van der Waals surface area (Å²) in [4.78, 5) is 0. The van der Waals surface area contributed by atoms with Crippen molar-refractivity contribution in [3.63, 3.8) is 0 Å². The van der Waals surface area contributed by atoms with Gasteiger partial charge in [0.2, 0.25) is 0 Å². The third-order valence-electron chi connectivity index (χ3n) is 5.18. The zero-order chi connectivity index (χ0) is 25.1. The molecular weight excluding hydrogens is 676 g/mol. The van der Waals surface area contributed by atoms with Crippen LogP contribution in [0.25, 0.3) is 0 Å². The first-order valence-electron chi connectivity index (χ1n) is 10.8. The molecule has 6 heteroatoms. The molecule has 0 saturated carbocycles. The van der Waals surface area contributed by atoms with Crippen molar-refractivity contribution < 1.29 is 9.47 Å². The Labute approximate surface area is 232 Å². The first kappa shape index (κ1) is 28.7. The predicted octanol–water partition coefficient (Wildman–Crippen LogP) is 10.5. The van der Waals surface area contributed by atoms with E-state index in [0.717, 1.165) is 40.5 Å². The van der Waals surface area contributed by atoms with Gasteiger partial charge in [-0.15, -0.1) is 0 Å². The van der Waals surface area contributed by atoms with Crippen LogP contribution >= 0.6 is 63.7 Å². The maximum Gasteiger partial charge on any atom is 0.148 e. The average Bonchev–Trinajstić information content (AvgIpc) is 2.66. The first-order chi connectivity index (χ1) is 15.2. The van der Waals surface area contributed by atoms with E-state index in [1.807, 2.05) is 13.8 Å². The molecule has 2 unspecified atom stereocenters. The first-order valence-corrected chi connectivity index (χ1v) is 14.0. The third kappa shape index (κ3) is 7.71. The molecule has 0 bridgehead atoms. The fourth-order valence-electron chi connectivity index (χ4n) is 3.61. The van der Waals surface area contributed by atoms with Crippen molar-refractivity contribution in [2.24, 2.45) is 0 Å². The molecule has 0 aliphatic carbocycles. The van der Waals surface area contributed by atoms with Crippen LogP contribution in [0.1, 0.15) is 66.5 Å². The summed E-state index contributed by atoms with van der Waals surface area (Å²) in [6, 6.07) is 8.55. The van der Waals surface area contributed by atoms with Crippen LogP contribution in [0.3, 0.4) is 0 Å². The van der Waals surface area contributed by atoms with Gasteiger partial charge >= 0.3 is 0 Å². The second-order valence-corrected chi connectivity index (χ2v) is 12.7. The number of ether oxygens (including phenoxy) is 2. The second-order valence-electron chi connectivity index (χ2n) is 9.30. The van der Waals surface area contributed by atoms with Crippen LogP contribution in [0.15, 0.2) is 65.5 Å². The summed E-state index contributed by atoms with van der Waals surface area (Å²) in [5.74, 6) is 1.61. The quantitative estimate of drug-likeness (QED) is 0.254. The van der Waals surface area contributed by atoms with Gasteiger partial charge in [0.1, 0.15) is 23.7 Å². The lowest BCUT2D eigenvalue weighted by molar-refractivity contribution is 0.265. The Kier molecular flexibility index (Phi) is 10.4.